The van der Waals surface area contributed by atoms with Gasteiger partial charge >= 0.3 is 5.97 Å². The highest BCUT2D eigenvalue weighted by Crippen LogP contribution is 2.30. The Bertz CT molecular complexity index is 590. The lowest BCUT2D eigenvalue weighted by molar-refractivity contribution is 0.0601. The summed E-state index contributed by atoms with van der Waals surface area (Å²) in [4.78, 5) is 19.1. The number of ether oxygens (including phenoxy) is 1. The van der Waals surface area contributed by atoms with E-state index in [4.69, 9.17) is 0 Å². The van der Waals surface area contributed by atoms with Gasteiger partial charge in [-0.05, 0) is 38.7 Å². The molecule has 0 saturated heterocycles. The zero-order valence-electron chi connectivity index (χ0n) is 12.1. The number of carbonyl (C=O) groups is 1. The van der Waals surface area contributed by atoms with Gasteiger partial charge in [0.05, 0.1) is 23.6 Å². The SMILES string of the molecule is COC(=O)c1ccc(-c2cnc(C(C)N(C)C)s2)cc1. The Labute approximate surface area is 123 Å². The van der Waals surface area contributed by atoms with Crippen molar-refractivity contribution in [2.24, 2.45) is 0 Å². The second kappa shape index (κ2) is 6.15. The first-order valence-corrected chi connectivity index (χ1v) is 7.15. The lowest BCUT2D eigenvalue weighted by Gasteiger charge is -2.16. The third-order valence-electron chi connectivity index (χ3n) is 3.25. The van der Waals surface area contributed by atoms with Gasteiger partial charge in [0.25, 0.3) is 0 Å². The molecule has 1 unspecified atom stereocenters. The van der Waals surface area contributed by atoms with Crippen molar-refractivity contribution in [1.29, 1.82) is 0 Å². The van der Waals surface area contributed by atoms with Crippen molar-refractivity contribution < 1.29 is 9.53 Å². The van der Waals surface area contributed by atoms with Gasteiger partial charge in [-0.3, -0.25) is 0 Å². The van der Waals surface area contributed by atoms with Gasteiger partial charge in [-0.2, -0.15) is 0 Å². The maximum atomic E-state index is 11.4. The number of benzene rings is 1. The Morgan fingerprint density at radius 1 is 1.30 bits per heavy atom. The highest BCUT2D eigenvalue weighted by atomic mass is 32.1. The van der Waals surface area contributed by atoms with Crippen LogP contribution >= 0.6 is 11.3 Å². The molecular weight excluding hydrogens is 272 g/mol. The predicted octanol–water partition coefficient (Wildman–Crippen LogP) is 3.22. The van der Waals surface area contributed by atoms with Crippen LogP contribution in [0.3, 0.4) is 0 Å². The van der Waals surface area contributed by atoms with Crippen LogP contribution in [0.5, 0.6) is 0 Å². The summed E-state index contributed by atoms with van der Waals surface area (Å²) in [5.41, 5.74) is 1.62. The first-order chi connectivity index (χ1) is 9.52. The zero-order valence-corrected chi connectivity index (χ0v) is 12.9. The molecule has 4 nitrogen and oxygen atoms in total. The highest BCUT2D eigenvalue weighted by Gasteiger charge is 2.13. The molecule has 0 amide bonds. The normalized spacial score (nSPS) is 12.4. The molecule has 0 aliphatic carbocycles. The molecule has 106 valence electrons. The number of esters is 1. The zero-order chi connectivity index (χ0) is 14.7. The molecule has 0 aliphatic rings. The fraction of sp³-hybridized carbons (Fsp3) is 0.333. The van der Waals surface area contributed by atoms with Crippen LogP contribution in [0.4, 0.5) is 0 Å². The van der Waals surface area contributed by atoms with Crippen molar-refractivity contribution in [3.8, 4) is 10.4 Å². The number of hydrogen-bond acceptors (Lipinski definition) is 5. The summed E-state index contributed by atoms with van der Waals surface area (Å²) >= 11 is 1.67. The van der Waals surface area contributed by atoms with E-state index in [0.717, 1.165) is 15.4 Å². The number of aromatic nitrogens is 1. The summed E-state index contributed by atoms with van der Waals surface area (Å²) in [7, 11) is 5.46. The molecule has 1 aromatic heterocycles. The van der Waals surface area contributed by atoms with E-state index < -0.39 is 0 Å². The van der Waals surface area contributed by atoms with Crippen molar-refractivity contribution in [3.63, 3.8) is 0 Å². The fourth-order valence-corrected chi connectivity index (χ4v) is 2.79. The van der Waals surface area contributed by atoms with Crippen molar-refractivity contribution in [2.75, 3.05) is 21.2 Å². The predicted molar refractivity (Wildman–Crippen MR) is 81.0 cm³/mol. The standard InChI is InChI=1S/C15H18N2O2S/c1-10(17(2)3)14-16-9-13(20-14)11-5-7-12(8-6-11)15(18)19-4/h5-10H,1-4H3. The fourth-order valence-electron chi connectivity index (χ4n) is 1.72. The molecule has 0 saturated carbocycles. The average molecular weight is 290 g/mol. The number of hydrogen-bond donors (Lipinski definition) is 0. The van der Waals surface area contributed by atoms with Crippen molar-refractivity contribution >= 4 is 17.3 Å². The Balaban J connectivity index is 2.22. The number of thiazole rings is 1. The maximum absolute atomic E-state index is 11.4. The first-order valence-electron chi connectivity index (χ1n) is 6.34. The minimum absolute atomic E-state index is 0.295. The summed E-state index contributed by atoms with van der Waals surface area (Å²) in [6.07, 6.45) is 1.88. The van der Waals surface area contributed by atoms with E-state index in [9.17, 15) is 4.79 Å². The quantitative estimate of drug-likeness (QED) is 0.811. The second-order valence-corrected chi connectivity index (χ2v) is 5.83. The van der Waals surface area contributed by atoms with E-state index in [-0.39, 0.29) is 5.97 Å². The van der Waals surface area contributed by atoms with Crippen LogP contribution in [-0.4, -0.2) is 37.1 Å². The molecule has 0 spiro atoms. The average Bonchev–Trinajstić information content (AvgIpc) is 2.95. The van der Waals surface area contributed by atoms with Crippen LogP contribution in [0.25, 0.3) is 10.4 Å². The number of methoxy groups -OCH3 is 1. The molecule has 20 heavy (non-hydrogen) atoms. The van der Waals surface area contributed by atoms with Gasteiger partial charge < -0.3 is 9.64 Å². The summed E-state index contributed by atoms with van der Waals surface area (Å²) in [5, 5.41) is 1.09. The lowest BCUT2D eigenvalue weighted by atomic mass is 10.1. The van der Waals surface area contributed by atoms with Gasteiger partial charge in [-0.15, -0.1) is 11.3 Å². The van der Waals surface area contributed by atoms with Gasteiger partial charge in [0.1, 0.15) is 5.01 Å². The smallest absolute Gasteiger partial charge is 0.337 e. The van der Waals surface area contributed by atoms with Crippen LogP contribution in [0.1, 0.15) is 28.3 Å². The topological polar surface area (TPSA) is 42.4 Å². The minimum atomic E-state index is -0.317. The van der Waals surface area contributed by atoms with Crippen molar-refractivity contribution in [2.45, 2.75) is 13.0 Å². The van der Waals surface area contributed by atoms with Gasteiger partial charge in [0, 0.05) is 6.20 Å². The van der Waals surface area contributed by atoms with Gasteiger partial charge in [0.15, 0.2) is 0 Å². The van der Waals surface area contributed by atoms with E-state index in [2.05, 4.69) is 21.5 Å². The molecule has 0 aliphatic heterocycles. The molecule has 1 heterocycles. The van der Waals surface area contributed by atoms with E-state index in [1.54, 1.807) is 23.5 Å². The van der Waals surface area contributed by atoms with Crippen LogP contribution < -0.4 is 0 Å². The molecule has 5 heteroatoms. The summed E-state index contributed by atoms with van der Waals surface area (Å²) in [6.45, 7) is 2.13. The summed E-state index contributed by atoms with van der Waals surface area (Å²) in [5.74, 6) is -0.317. The molecule has 1 aromatic carbocycles. The van der Waals surface area contributed by atoms with Crippen LogP contribution in [0.15, 0.2) is 30.5 Å². The van der Waals surface area contributed by atoms with Crippen LogP contribution in [0, 0.1) is 0 Å². The maximum Gasteiger partial charge on any atom is 0.337 e. The number of nitrogens with zero attached hydrogens (tertiary/aromatic N) is 2. The van der Waals surface area contributed by atoms with Crippen molar-refractivity contribution in [3.05, 3.63) is 41.0 Å². The first kappa shape index (κ1) is 14.7. The summed E-state index contributed by atoms with van der Waals surface area (Å²) in [6, 6.07) is 7.68. The molecule has 2 rings (SSSR count). The largest absolute Gasteiger partial charge is 0.465 e. The van der Waals surface area contributed by atoms with E-state index in [0.29, 0.717) is 11.6 Å². The Kier molecular flexibility index (Phi) is 4.52. The Hall–Kier alpha value is -1.72. The molecule has 0 fully saturated rings. The van der Waals surface area contributed by atoms with E-state index >= 15 is 0 Å². The third kappa shape index (κ3) is 3.05. The lowest BCUT2D eigenvalue weighted by Crippen LogP contribution is -2.16. The van der Waals surface area contributed by atoms with Gasteiger partial charge in [-0.1, -0.05) is 12.1 Å². The monoisotopic (exact) mass is 290 g/mol. The van der Waals surface area contributed by atoms with E-state index in [1.165, 1.54) is 7.11 Å². The van der Waals surface area contributed by atoms with Crippen LogP contribution in [-0.2, 0) is 4.74 Å². The van der Waals surface area contributed by atoms with Gasteiger partial charge in [0.2, 0.25) is 0 Å². The molecular formula is C15H18N2O2S. The number of rotatable bonds is 4. The van der Waals surface area contributed by atoms with Gasteiger partial charge in [-0.25, -0.2) is 9.78 Å². The highest BCUT2D eigenvalue weighted by molar-refractivity contribution is 7.15. The minimum Gasteiger partial charge on any atom is -0.465 e. The van der Waals surface area contributed by atoms with Crippen LogP contribution in [0.2, 0.25) is 0 Å². The van der Waals surface area contributed by atoms with Crippen molar-refractivity contribution in [1.82, 2.24) is 9.88 Å². The van der Waals surface area contributed by atoms with E-state index in [1.807, 2.05) is 32.4 Å². The molecule has 1 atom stereocenters. The molecule has 0 radical (unpaired) electrons. The second-order valence-electron chi connectivity index (χ2n) is 4.77. The Morgan fingerprint density at radius 3 is 2.50 bits per heavy atom. The molecule has 0 N–H and O–H groups in total. The summed E-state index contributed by atoms with van der Waals surface area (Å²) < 4.78 is 4.69. The third-order valence-corrected chi connectivity index (χ3v) is 4.46. The molecule has 0 bridgehead atoms. The Morgan fingerprint density at radius 2 is 1.95 bits per heavy atom. The number of carbonyl (C=O) groups excluding carboxylic acids is 1. The molecule has 2 aromatic rings.